The molecule has 0 amide bonds. The number of allylic oxidation sites excluding steroid dienone is 3. The van der Waals surface area contributed by atoms with E-state index in [9.17, 15) is 9.59 Å². The summed E-state index contributed by atoms with van der Waals surface area (Å²) in [6, 6.07) is 15.0. The van der Waals surface area contributed by atoms with Crippen molar-refractivity contribution in [1.82, 2.24) is 5.32 Å². The van der Waals surface area contributed by atoms with E-state index in [-0.39, 0.29) is 12.4 Å². The minimum Gasteiger partial charge on any atom is -0.462 e. The van der Waals surface area contributed by atoms with Crippen LogP contribution in [0.3, 0.4) is 0 Å². The van der Waals surface area contributed by atoms with Crippen LogP contribution in [0, 0.1) is 0 Å². The molecule has 1 heterocycles. The van der Waals surface area contributed by atoms with Crippen molar-refractivity contribution in [2.24, 2.45) is 0 Å². The molecule has 0 radical (unpaired) electrons. The van der Waals surface area contributed by atoms with Crippen molar-refractivity contribution < 1.29 is 14.3 Å². The topological polar surface area (TPSA) is 55.4 Å². The van der Waals surface area contributed by atoms with Crippen LogP contribution in [0.25, 0.3) is 0 Å². The van der Waals surface area contributed by atoms with Gasteiger partial charge in [0.15, 0.2) is 5.78 Å². The van der Waals surface area contributed by atoms with Gasteiger partial charge in [0.05, 0.1) is 12.2 Å². The van der Waals surface area contributed by atoms with Crippen LogP contribution < -0.4 is 5.32 Å². The number of rotatable bonds is 5. The van der Waals surface area contributed by atoms with Crippen molar-refractivity contribution in [2.45, 2.75) is 38.5 Å². The number of Topliss-reactive ketones (excluding diaryl/α,β-unsaturated/α-hetero) is 1. The van der Waals surface area contributed by atoms with Crippen LogP contribution in [0.2, 0.25) is 10.0 Å². The van der Waals surface area contributed by atoms with Gasteiger partial charge < -0.3 is 10.1 Å². The van der Waals surface area contributed by atoms with Gasteiger partial charge >= 0.3 is 5.97 Å². The van der Waals surface area contributed by atoms with Gasteiger partial charge in [0.2, 0.25) is 0 Å². The average Bonchev–Trinajstić information content (AvgIpc) is 2.74. The molecule has 1 aliphatic heterocycles. The molecular weight excluding hydrogens is 433 g/mol. The molecule has 2 aromatic rings. The van der Waals surface area contributed by atoms with Gasteiger partial charge in [-0.05, 0) is 43.0 Å². The van der Waals surface area contributed by atoms with Gasteiger partial charge in [-0.1, -0.05) is 59.6 Å². The first-order chi connectivity index (χ1) is 15.0. The molecule has 4 rings (SSSR count). The third kappa shape index (κ3) is 4.56. The van der Waals surface area contributed by atoms with E-state index in [2.05, 4.69) is 5.32 Å². The largest absolute Gasteiger partial charge is 0.462 e. The maximum absolute atomic E-state index is 13.2. The maximum atomic E-state index is 13.2. The van der Waals surface area contributed by atoms with E-state index >= 15 is 0 Å². The van der Waals surface area contributed by atoms with Crippen LogP contribution >= 0.6 is 23.2 Å². The van der Waals surface area contributed by atoms with Gasteiger partial charge in [-0.3, -0.25) is 4.79 Å². The lowest BCUT2D eigenvalue weighted by atomic mass is 9.75. The molecule has 0 spiro atoms. The van der Waals surface area contributed by atoms with Crippen molar-refractivity contribution in [3.8, 4) is 0 Å². The van der Waals surface area contributed by atoms with Crippen LogP contribution in [-0.4, -0.2) is 18.4 Å². The van der Waals surface area contributed by atoms with E-state index < -0.39 is 11.9 Å². The highest BCUT2D eigenvalue weighted by Gasteiger charge is 2.39. The SMILES string of the molecule is CC1=C(C(=O)OCCc2ccccc2)[C@@H](c2ccc(Cl)cc2Cl)C2=C(CCCC2=O)N1. The summed E-state index contributed by atoms with van der Waals surface area (Å²) in [6.07, 6.45) is 2.62. The van der Waals surface area contributed by atoms with Crippen LogP contribution in [-0.2, 0) is 20.7 Å². The number of dihydropyridines is 1. The Bertz CT molecular complexity index is 1090. The summed E-state index contributed by atoms with van der Waals surface area (Å²) in [5.41, 5.74) is 4.36. The molecule has 0 fully saturated rings. The third-order valence-corrected chi connectivity index (χ3v) is 6.30. The summed E-state index contributed by atoms with van der Waals surface area (Å²) >= 11 is 12.6. The molecule has 2 aliphatic rings. The lowest BCUT2D eigenvalue weighted by Crippen LogP contribution is -2.34. The molecule has 31 heavy (non-hydrogen) atoms. The Balaban J connectivity index is 1.67. The molecular formula is C25H23Cl2NO3. The number of ketones is 1. The number of halogens is 2. The van der Waals surface area contributed by atoms with Gasteiger partial charge in [-0.2, -0.15) is 0 Å². The van der Waals surface area contributed by atoms with E-state index in [0.29, 0.717) is 45.3 Å². The van der Waals surface area contributed by atoms with Crippen molar-refractivity contribution in [3.05, 3.63) is 92.2 Å². The first-order valence-corrected chi connectivity index (χ1v) is 11.1. The number of benzene rings is 2. The predicted octanol–water partition coefficient (Wildman–Crippen LogP) is 5.75. The van der Waals surface area contributed by atoms with Crippen LogP contribution in [0.15, 0.2) is 71.1 Å². The number of ether oxygens (including phenoxy) is 1. The molecule has 0 saturated carbocycles. The van der Waals surface area contributed by atoms with E-state index in [4.69, 9.17) is 27.9 Å². The Kier molecular flexibility index (Phi) is 6.49. The Morgan fingerprint density at radius 3 is 2.65 bits per heavy atom. The molecule has 1 atom stereocenters. The Morgan fingerprint density at radius 1 is 1.13 bits per heavy atom. The zero-order valence-corrected chi connectivity index (χ0v) is 18.7. The lowest BCUT2D eigenvalue weighted by Gasteiger charge is -2.34. The predicted molar refractivity (Wildman–Crippen MR) is 122 cm³/mol. The Morgan fingerprint density at radius 2 is 1.90 bits per heavy atom. The van der Waals surface area contributed by atoms with Gasteiger partial charge in [-0.25, -0.2) is 4.79 Å². The van der Waals surface area contributed by atoms with Gasteiger partial charge in [-0.15, -0.1) is 0 Å². The van der Waals surface area contributed by atoms with Crippen LogP contribution in [0.1, 0.15) is 43.2 Å². The summed E-state index contributed by atoms with van der Waals surface area (Å²) in [5.74, 6) is -0.980. The molecule has 0 unspecified atom stereocenters. The molecule has 0 aromatic heterocycles. The second kappa shape index (κ2) is 9.29. The van der Waals surface area contributed by atoms with Gasteiger partial charge in [0, 0.05) is 45.8 Å². The van der Waals surface area contributed by atoms with Crippen molar-refractivity contribution in [1.29, 1.82) is 0 Å². The molecule has 4 nitrogen and oxygen atoms in total. The minimum absolute atomic E-state index is 0.0341. The summed E-state index contributed by atoms with van der Waals surface area (Å²) in [4.78, 5) is 26.1. The fourth-order valence-electron chi connectivity index (χ4n) is 4.28. The first kappa shape index (κ1) is 21.7. The Hall–Kier alpha value is -2.56. The summed E-state index contributed by atoms with van der Waals surface area (Å²) in [5, 5.41) is 4.21. The van der Waals surface area contributed by atoms with E-state index in [1.54, 1.807) is 18.2 Å². The Labute approximate surface area is 191 Å². The second-order valence-electron chi connectivity index (χ2n) is 7.80. The molecule has 0 bridgehead atoms. The second-order valence-corrected chi connectivity index (χ2v) is 8.65. The van der Waals surface area contributed by atoms with Gasteiger partial charge in [0.25, 0.3) is 0 Å². The zero-order chi connectivity index (χ0) is 22.0. The quantitative estimate of drug-likeness (QED) is 0.583. The normalized spacial score (nSPS) is 18.5. The molecule has 160 valence electrons. The highest BCUT2D eigenvalue weighted by Crippen LogP contribution is 2.44. The van der Waals surface area contributed by atoms with E-state index in [0.717, 1.165) is 24.1 Å². The number of nitrogens with one attached hydrogen (secondary N) is 1. The first-order valence-electron chi connectivity index (χ1n) is 10.4. The van der Waals surface area contributed by atoms with Gasteiger partial charge in [0.1, 0.15) is 0 Å². The van der Waals surface area contributed by atoms with Crippen molar-refractivity contribution in [3.63, 3.8) is 0 Å². The number of hydrogen-bond donors (Lipinski definition) is 1. The van der Waals surface area contributed by atoms with Crippen LogP contribution in [0.4, 0.5) is 0 Å². The highest BCUT2D eigenvalue weighted by molar-refractivity contribution is 6.35. The zero-order valence-electron chi connectivity index (χ0n) is 17.2. The fourth-order valence-corrected chi connectivity index (χ4v) is 4.80. The van der Waals surface area contributed by atoms with Crippen molar-refractivity contribution in [2.75, 3.05) is 6.61 Å². The molecule has 1 N–H and O–H groups in total. The summed E-state index contributed by atoms with van der Waals surface area (Å²) in [6.45, 7) is 2.09. The third-order valence-electron chi connectivity index (χ3n) is 5.74. The maximum Gasteiger partial charge on any atom is 0.336 e. The summed E-state index contributed by atoms with van der Waals surface area (Å²) < 4.78 is 5.65. The number of carbonyl (C=O) groups excluding carboxylic acids is 2. The van der Waals surface area contributed by atoms with Crippen molar-refractivity contribution >= 4 is 35.0 Å². The molecule has 0 saturated heterocycles. The molecule has 2 aromatic carbocycles. The van der Waals surface area contributed by atoms with E-state index in [1.807, 2.05) is 37.3 Å². The number of esters is 1. The van der Waals surface area contributed by atoms with Crippen LogP contribution in [0.5, 0.6) is 0 Å². The highest BCUT2D eigenvalue weighted by atomic mass is 35.5. The molecule has 6 heteroatoms. The lowest BCUT2D eigenvalue weighted by molar-refractivity contribution is -0.139. The standard InChI is InChI=1S/C25H23Cl2NO3/c1-15-22(25(30)31-13-12-16-6-3-2-4-7-16)23(18-11-10-17(26)14-19(18)27)24-20(28-15)8-5-9-21(24)29/h2-4,6-7,10-11,14,23,28H,5,8-9,12-13H2,1H3/t23-/m1/s1. The monoisotopic (exact) mass is 455 g/mol. The number of carbonyl (C=O) groups is 2. The molecule has 1 aliphatic carbocycles. The fraction of sp³-hybridized carbons (Fsp3) is 0.280. The summed E-state index contributed by atoms with van der Waals surface area (Å²) in [7, 11) is 0. The number of hydrogen-bond acceptors (Lipinski definition) is 4. The smallest absolute Gasteiger partial charge is 0.336 e. The minimum atomic E-state index is -0.571. The van der Waals surface area contributed by atoms with E-state index in [1.165, 1.54) is 0 Å². The average molecular weight is 456 g/mol.